The molecule has 35 heavy (non-hydrogen) atoms. The van der Waals surface area contributed by atoms with Gasteiger partial charge in [0, 0.05) is 49.9 Å². The third-order valence-electron chi connectivity index (χ3n) is 5.77. The molecule has 1 amide bonds. The van der Waals surface area contributed by atoms with Gasteiger partial charge in [0.15, 0.2) is 5.13 Å². The first-order valence-electron chi connectivity index (χ1n) is 10.5. The van der Waals surface area contributed by atoms with Crippen LogP contribution in [-0.4, -0.2) is 57.6 Å². The van der Waals surface area contributed by atoms with Gasteiger partial charge in [-0.3, -0.25) is 9.69 Å². The number of nitrogens with two attached hydrogens (primary N) is 1. The fourth-order valence-corrected chi connectivity index (χ4v) is 5.24. The minimum absolute atomic E-state index is 0. The highest BCUT2D eigenvalue weighted by atomic mass is 35.5. The van der Waals surface area contributed by atoms with Crippen molar-refractivity contribution in [1.82, 2.24) is 24.8 Å². The molecule has 5 rings (SSSR count). The number of thiazole rings is 1. The lowest BCUT2D eigenvalue weighted by Crippen LogP contribution is -2.37. The van der Waals surface area contributed by atoms with Gasteiger partial charge in [-0.2, -0.15) is 0 Å². The first-order chi connectivity index (χ1) is 15.5. The molecule has 2 aromatic heterocycles. The SMILES string of the molecule is Cl.Cl.Cl.Cn1c(Nc2nc3ccc(Cl)cc3s2)nc2cc(C(=O)NC3CCN(CCN)C3)ccc21. The largest absolute Gasteiger partial charge is 0.348 e. The lowest BCUT2D eigenvalue weighted by molar-refractivity contribution is 0.0938. The van der Waals surface area contributed by atoms with Gasteiger partial charge in [0.05, 0.1) is 21.3 Å². The Hall–Kier alpha value is -1.85. The number of benzene rings is 2. The van der Waals surface area contributed by atoms with Crippen LogP contribution in [0.2, 0.25) is 5.02 Å². The first-order valence-corrected chi connectivity index (χ1v) is 11.7. The molecule has 1 atom stereocenters. The van der Waals surface area contributed by atoms with Crippen LogP contribution >= 0.6 is 60.2 Å². The Morgan fingerprint density at radius 2 is 1.97 bits per heavy atom. The van der Waals surface area contributed by atoms with Crippen LogP contribution in [-0.2, 0) is 7.05 Å². The number of halogens is 4. The number of nitrogens with one attached hydrogen (secondary N) is 2. The second-order valence-electron chi connectivity index (χ2n) is 8.00. The summed E-state index contributed by atoms with van der Waals surface area (Å²) in [6, 6.07) is 11.4. The van der Waals surface area contributed by atoms with E-state index in [0.717, 1.165) is 52.4 Å². The summed E-state index contributed by atoms with van der Waals surface area (Å²) in [6.07, 6.45) is 0.943. The Morgan fingerprint density at radius 3 is 2.74 bits per heavy atom. The summed E-state index contributed by atoms with van der Waals surface area (Å²) in [5.74, 6) is 0.589. The molecule has 190 valence electrons. The van der Waals surface area contributed by atoms with Gasteiger partial charge in [-0.05, 0) is 42.8 Å². The smallest absolute Gasteiger partial charge is 0.251 e. The van der Waals surface area contributed by atoms with Gasteiger partial charge in [-0.15, -0.1) is 37.2 Å². The molecule has 0 bridgehead atoms. The third kappa shape index (κ3) is 6.29. The molecule has 8 nitrogen and oxygen atoms in total. The van der Waals surface area contributed by atoms with E-state index in [4.69, 9.17) is 22.3 Å². The molecule has 0 aliphatic carbocycles. The van der Waals surface area contributed by atoms with Crippen molar-refractivity contribution in [1.29, 1.82) is 0 Å². The molecular weight excluding hydrogens is 552 g/mol. The number of hydrogen-bond acceptors (Lipinski definition) is 7. The van der Waals surface area contributed by atoms with E-state index in [1.165, 1.54) is 11.3 Å². The van der Waals surface area contributed by atoms with E-state index in [1.54, 1.807) is 0 Å². The van der Waals surface area contributed by atoms with Crippen molar-refractivity contribution >= 4 is 98.4 Å². The van der Waals surface area contributed by atoms with Gasteiger partial charge in [0.1, 0.15) is 0 Å². The Balaban J connectivity index is 0.00000144. The molecule has 1 unspecified atom stereocenters. The predicted molar refractivity (Wildman–Crippen MR) is 152 cm³/mol. The topological polar surface area (TPSA) is 101 Å². The van der Waals surface area contributed by atoms with Crippen LogP contribution in [0, 0.1) is 0 Å². The van der Waals surface area contributed by atoms with Crippen LogP contribution in [0.15, 0.2) is 36.4 Å². The standard InChI is InChI=1S/C22H24ClN7OS.3ClH/c1-29-18-5-2-13(20(31)25-15-6-8-30(12-15)9-7-24)10-17(18)26-21(29)28-22-27-16-4-3-14(23)11-19(16)32-22;;;/h2-5,10-11,15H,6-9,12,24H2,1H3,(H,25,31)(H,26,27,28);3*1H. The van der Waals surface area contributed by atoms with Crippen LogP contribution in [0.1, 0.15) is 16.8 Å². The number of aryl methyl sites for hydroxylation is 1. The number of carbonyl (C=O) groups is 1. The van der Waals surface area contributed by atoms with Gasteiger partial charge in [-0.25, -0.2) is 9.97 Å². The molecule has 4 N–H and O–H groups in total. The molecule has 2 aromatic carbocycles. The van der Waals surface area contributed by atoms with Gasteiger partial charge in [0.2, 0.25) is 5.95 Å². The summed E-state index contributed by atoms with van der Waals surface area (Å²) in [5, 5.41) is 7.86. The van der Waals surface area contributed by atoms with Crippen molar-refractivity contribution in [2.45, 2.75) is 12.5 Å². The fraction of sp³-hybridized carbons (Fsp3) is 0.318. The molecule has 4 aromatic rings. The molecule has 1 fully saturated rings. The molecule has 0 radical (unpaired) electrons. The maximum absolute atomic E-state index is 12.8. The number of amides is 1. The molecular formula is C22H27Cl4N7OS. The normalized spacial score (nSPS) is 15.3. The van der Waals surface area contributed by atoms with Crippen LogP contribution in [0.4, 0.5) is 11.1 Å². The zero-order valence-electron chi connectivity index (χ0n) is 18.9. The number of aromatic nitrogens is 3. The van der Waals surface area contributed by atoms with E-state index < -0.39 is 0 Å². The van der Waals surface area contributed by atoms with Gasteiger partial charge in [0.25, 0.3) is 5.91 Å². The van der Waals surface area contributed by atoms with Crippen LogP contribution < -0.4 is 16.4 Å². The van der Waals surface area contributed by atoms with E-state index in [2.05, 4.69) is 20.5 Å². The summed E-state index contributed by atoms with van der Waals surface area (Å²) in [5.41, 5.74) is 8.81. The minimum Gasteiger partial charge on any atom is -0.348 e. The Bertz CT molecular complexity index is 1310. The maximum atomic E-state index is 12.8. The zero-order chi connectivity index (χ0) is 22.2. The number of fused-ring (bicyclic) bond motifs is 2. The summed E-state index contributed by atoms with van der Waals surface area (Å²) in [4.78, 5) is 24.4. The monoisotopic (exact) mass is 577 g/mol. The molecule has 0 saturated carbocycles. The summed E-state index contributed by atoms with van der Waals surface area (Å²) in [6.45, 7) is 3.31. The van der Waals surface area contributed by atoms with Crippen molar-refractivity contribution in [3.05, 3.63) is 47.0 Å². The number of hydrogen-bond donors (Lipinski definition) is 3. The number of anilines is 2. The second-order valence-corrected chi connectivity index (χ2v) is 9.47. The number of nitrogens with zero attached hydrogens (tertiary/aromatic N) is 4. The first kappa shape index (κ1) is 29.4. The second kappa shape index (κ2) is 12.4. The molecule has 1 aliphatic rings. The highest BCUT2D eigenvalue weighted by Crippen LogP contribution is 2.31. The summed E-state index contributed by atoms with van der Waals surface area (Å²) < 4.78 is 2.97. The quantitative estimate of drug-likeness (QED) is 0.309. The van der Waals surface area contributed by atoms with Crippen LogP contribution in [0.5, 0.6) is 0 Å². The maximum Gasteiger partial charge on any atom is 0.251 e. The summed E-state index contributed by atoms with van der Waals surface area (Å²) >= 11 is 7.60. The third-order valence-corrected chi connectivity index (χ3v) is 6.93. The van der Waals surface area contributed by atoms with Gasteiger partial charge >= 0.3 is 0 Å². The molecule has 0 spiro atoms. The minimum atomic E-state index is -0.0743. The number of imidazole rings is 1. The average molecular weight is 579 g/mol. The van der Waals surface area contributed by atoms with E-state index in [-0.39, 0.29) is 49.2 Å². The number of rotatable bonds is 6. The van der Waals surface area contributed by atoms with Crippen molar-refractivity contribution in [2.75, 3.05) is 31.5 Å². The van der Waals surface area contributed by atoms with E-state index >= 15 is 0 Å². The van der Waals surface area contributed by atoms with E-state index in [9.17, 15) is 4.79 Å². The van der Waals surface area contributed by atoms with E-state index in [1.807, 2.05) is 48.0 Å². The Morgan fingerprint density at radius 1 is 1.17 bits per heavy atom. The van der Waals surface area contributed by atoms with E-state index in [0.29, 0.717) is 23.1 Å². The summed E-state index contributed by atoms with van der Waals surface area (Å²) in [7, 11) is 1.94. The van der Waals surface area contributed by atoms with Crippen molar-refractivity contribution < 1.29 is 4.79 Å². The highest BCUT2D eigenvalue weighted by molar-refractivity contribution is 7.22. The van der Waals surface area contributed by atoms with Crippen molar-refractivity contribution in [3.63, 3.8) is 0 Å². The van der Waals surface area contributed by atoms with Crippen molar-refractivity contribution in [2.24, 2.45) is 12.8 Å². The van der Waals surface area contributed by atoms with Crippen LogP contribution in [0.3, 0.4) is 0 Å². The molecule has 3 heterocycles. The zero-order valence-corrected chi connectivity index (χ0v) is 22.9. The number of likely N-dealkylation sites (tertiary alicyclic amines) is 1. The van der Waals surface area contributed by atoms with Crippen molar-refractivity contribution in [3.8, 4) is 0 Å². The number of carbonyl (C=O) groups excluding carboxylic acids is 1. The predicted octanol–water partition coefficient (Wildman–Crippen LogP) is 4.61. The lowest BCUT2D eigenvalue weighted by atomic mass is 10.1. The van der Waals surface area contributed by atoms with Gasteiger partial charge in [-0.1, -0.05) is 22.9 Å². The lowest BCUT2D eigenvalue weighted by Gasteiger charge is -2.15. The van der Waals surface area contributed by atoms with Crippen LogP contribution in [0.25, 0.3) is 21.3 Å². The Kier molecular flexibility index (Phi) is 10.4. The molecule has 1 saturated heterocycles. The fourth-order valence-electron chi connectivity index (χ4n) is 4.11. The molecule has 1 aliphatic heterocycles. The Labute approximate surface area is 230 Å². The highest BCUT2D eigenvalue weighted by Gasteiger charge is 2.24. The molecule has 13 heteroatoms. The average Bonchev–Trinajstić information content (AvgIpc) is 3.46. The van der Waals surface area contributed by atoms with Gasteiger partial charge < -0.3 is 20.9 Å².